The number of hydrogen-bond acceptors (Lipinski definition) is 3. The minimum Gasteiger partial charge on any atom is -0.325 e. The number of hydrogen-bond donors (Lipinski definition) is 2. The van der Waals surface area contributed by atoms with Crippen LogP contribution < -0.4 is 10.6 Å². The predicted molar refractivity (Wildman–Crippen MR) is 111 cm³/mol. The first-order valence-electron chi connectivity index (χ1n) is 8.49. The van der Waals surface area contributed by atoms with Crippen molar-refractivity contribution in [3.63, 3.8) is 0 Å². The Morgan fingerprint density at radius 3 is 2.27 bits per heavy atom. The van der Waals surface area contributed by atoms with Gasteiger partial charge < -0.3 is 15.5 Å². The smallest absolute Gasteiger partial charge is 0.321 e. The van der Waals surface area contributed by atoms with Crippen molar-refractivity contribution in [3.05, 3.63) is 58.2 Å². The van der Waals surface area contributed by atoms with Crippen LogP contribution in [0.15, 0.2) is 54.6 Å². The lowest BCUT2D eigenvalue weighted by Gasteiger charge is -2.34. The lowest BCUT2D eigenvalue weighted by Crippen LogP contribution is -2.51. The maximum atomic E-state index is 12.4. The molecule has 3 amide bonds. The molecule has 136 valence electrons. The number of nitrogens with zero attached hydrogens (tertiary/aromatic N) is 2. The highest BCUT2D eigenvalue weighted by molar-refractivity contribution is 14.1. The first kappa shape index (κ1) is 18.7. The standard InChI is InChI=1S/C19H21IN4O2/c20-15-5-4-8-17(13-15)22-19(26)24-11-9-23(10-12-24)14-18(25)21-16-6-2-1-3-7-16/h1-8,13H,9-12,14H2,(H,21,25)(H,22,26). The van der Waals surface area contributed by atoms with Crippen molar-refractivity contribution in [2.75, 3.05) is 43.4 Å². The van der Waals surface area contributed by atoms with Crippen molar-refractivity contribution >= 4 is 45.9 Å². The summed E-state index contributed by atoms with van der Waals surface area (Å²) >= 11 is 2.22. The number of halogens is 1. The predicted octanol–water partition coefficient (Wildman–Crippen LogP) is 3.08. The fraction of sp³-hybridized carbons (Fsp3) is 0.263. The van der Waals surface area contributed by atoms with E-state index >= 15 is 0 Å². The molecule has 0 spiro atoms. The second kappa shape index (κ2) is 9.00. The van der Waals surface area contributed by atoms with E-state index in [4.69, 9.17) is 0 Å². The third-order valence-corrected chi connectivity index (χ3v) is 4.83. The maximum Gasteiger partial charge on any atom is 0.321 e. The highest BCUT2D eigenvalue weighted by Gasteiger charge is 2.22. The van der Waals surface area contributed by atoms with Crippen LogP contribution in [0, 0.1) is 3.57 Å². The van der Waals surface area contributed by atoms with Crippen LogP contribution in [-0.4, -0.2) is 54.5 Å². The van der Waals surface area contributed by atoms with E-state index in [-0.39, 0.29) is 11.9 Å². The molecule has 0 aliphatic carbocycles. The number of benzene rings is 2. The van der Waals surface area contributed by atoms with Crippen LogP contribution in [0.1, 0.15) is 0 Å². The van der Waals surface area contributed by atoms with Crippen LogP contribution >= 0.6 is 22.6 Å². The molecule has 0 saturated carbocycles. The van der Waals surface area contributed by atoms with Crippen LogP contribution in [0.25, 0.3) is 0 Å². The molecule has 1 heterocycles. The molecule has 0 aromatic heterocycles. The zero-order valence-corrected chi connectivity index (χ0v) is 16.5. The zero-order chi connectivity index (χ0) is 18.4. The van der Waals surface area contributed by atoms with Gasteiger partial charge >= 0.3 is 6.03 Å². The van der Waals surface area contributed by atoms with Gasteiger partial charge in [0.05, 0.1) is 6.54 Å². The Labute approximate surface area is 166 Å². The molecule has 2 aromatic carbocycles. The Balaban J connectivity index is 1.43. The molecular weight excluding hydrogens is 443 g/mol. The minimum absolute atomic E-state index is 0.0343. The second-order valence-corrected chi connectivity index (χ2v) is 7.36. The van der Waals surface area contributed by atoms with Crippen molar-refractivity contribution in [1.82, 2.24) is 9.80 Å². The van der Waals surface area contributed by atoms with Gasteiger partial charge in [0.15, 0.2) is 0 Å². The van der Waals surface area contributed by atoms with Gasteiger partial charge in [-0.2, -0.15) is 0 Å². The van der Waals surface area contributed by atoms with Crippen molar-refractivity contribution < 1.29 is 9.59 Å². The van der Waals surface area contributed by atoms with Crippen LogP contribution in [0.4, 0.5) is 16.2 Å². The van der Waals surface area contributed by atoms with E-state index < -0.39 is 0 Å². The van der Waals surface area contributed by atoms with E-state index in [1.807, 2.05) is 54.6 Å². The number of nitrogens with one attached hydrogen (secondary N) is 2. The Bertz CT molecular complexity index is 761. The molecule has 2 N–H and O–H groups in total. The molecule has 0 radical (unpaired) electrons. The molecule has 1 aliphatic rings. The molecule has 3 rings (SSSR count). The molecule has 1 fully saturated rings. The first-order chi connectivity index (χ1) is 12.6. The van der Waals surface area contributed by atoms with Gasteiger partial charge in [-0.3, -0.25) is 9.69 Å². The lowest BCUT2D eigenvalue weighted by molar-refractivity contribution is -0.117. The molecule has 0 atom stereocenters. The van der Waals surface area contributed by atoms with Gasteiger partial charge in [-0.05, 0) is 52.9 Å². The van der Waals surface area contributed by atoms with E-state index in [0.717, 1.165) is 14.9 Å². The summed E-state index contributed by atoms with van der Waals surface area (Å²) in [5.41, 5.74) is 1.60. The van der Waals surface area contributed by atoms with E-state index in [1.165, 1.54) is 0 Å². The third kappa shape index (κ3) is 5.43. The van der Waals surface area contributed by atoms with Crippen molar-refractivity contribution in [3.8, 4) is 0 Å². The lowest BCUT2D eigenvalue weighted by atomic mass is 10.3. The number of rotatable bonds is 4. The van der Waals surface area contributed by atoms with Crippen LogP contribution in [0.3, 0.4) is 0 Å². The molecular formula is C19H21IN4O2. The Morgan fingerprint density at radius 2 is 1.58 bits per heavy atom. The quantitative estimate of drug-likeness (QED) is 0.684. The fourth-order valence-corrected chi connectivity index (χ4v) is 3.35. The summed E-state index contributed by atoms with van der Waals surface area (Å²) in [5, 5.41) is 5.81. The highest BCUT2D eigenvalue weighted by Crippen LogP contribution is 2.14. The van der Waals surface area contributed by atoms with Gasteiger partial charge in [-0.1, -0.05) is 24.3 Å². The van der Waals surface area contributed by atoms with Crippen LogP contribution in [0.2, 0.25) is 0 Å². The van der Waals surface area contributed by atoms with Crippen molar-refractivity contribution in [2.24, 2.45) is 0 Å². The van der Waals surface area contributed by atoms with E-state index in [0.29, 0.717) is 32.7 Å². The average Bonchev–Trinajstić information content (AvgIpc) is 2.63. The zero-order valence-electron chi connectivity index (χ0n) is 14.3. The van der Waals surface area contributed by atoms with Crippen LogP contribution in [-0.2, 0) is 4.79 Å². The number of para-hydroxylation sites is 1. The minimum atomic E-state index is -0.0969. The van der Waals surface area contributed by atoms with Crippen LogP contribution in [0.5, 0.6) is 0 Å². The van der Waals surface area contributed by atoms with Gasteiger partial charge in [-0.25, -0.2) is 4.79 Å². The van der Waals surface area contributed by atoms with Gasteiger partial charge in [0, 0.05) is 41.1 Å². The van der Waals surface area contributed by atoms with Gasteiger partial charge in [0.1, 0.15) is 0 Å². The number of carbonyl (C=O) groups is 2. The molecule has 0 bridgehead atoms. The summed E-state index contributed by atoms with van der Waals surface area (Å²) in [4.78, 5) is 28.3. The number of urea groups is 1. The third-order valence-electron chi connectivity index (χ3n) is 4.16. The SMILES string of the molecule is O=C(CN1CCN(C(=O)Nc2cccc(I)c2)CC1)Nc1ccccc1. The van der Waals surface area contributed by atoms with Gasteiger partial charge in [-0.15, -0.1) is 0 Å². The molecule has 6 nitrogen and oxygen atoms in total. The molecule has 7 heteroatoms. The maximum absolute atomic E-state index is 12.4. The molecule has 2 aromatic rings. The summed E-state index contributed by atoms with van der Waals surface area (Å²) in [5.74, 6) is -0.0343. The van der Waals surface area contributed by atoms with Gasteiger partial charge in [0.25, 0.3) is 0 Å². The first-order valence-corrected chi connectivity index (χ1v) is 9.57. The highest BCUT2D eigenvalue weighted by atomic mass is 127. The van der Waals surface area contributed by atoms with Gasteiger partial charge in [0.2, 0.25) is 5.91 Å². The molecule has 0 unspecified atom stereocenters. The van der Waals surface area contributed by atoms with E-state index in [2.05, 4.69) is 38.1 Å². The average molecular weight is 464 g/mol. The molecule has 26 heavy (non-hydrogen) atoms. The largest absolute Gasteiger partial charge is 0.325 e. The van der Waals surface area contributed by atoms with E-state index in [9.17, 15) is 9.59 Å². The topological polar surface area (TPSA) is 64.7 Å². The normalized spacial score (nSPS) is 14.7. The van der Waals surface area contributed by atoms with Crippen molar-refractivity contribution in [1.29, 1.82) is 0 Å². The Kier molecular flexibility index (Phi) is 6.45. The molecule has 1 saturated heterocycles. The van der Waals surface area contributed by atoms with Crippen molar-refractivity contribution in [2.45, 2.75) is 0 Å². The molecule has 1 aliphatic heterocycles. The summed E-state index contributed by atoms with van der Waals surface area (Å²) in [6.45, 7) is 2.91. The Hall–Kier alpha value is -2.13. The van der Waals surface area contributed by atoms with E-state index in [1.54, 1.807) is 4.90 Å². The summed E-state index contributed by atoms with van der Waals surface area (Å²) < 4.78 is 1.08. The number of anilines is 2. The summed E-state index contributed by atoms with van der Waals surface area (Å²) in [6, 6.07) is 17.0. The number of piperazine rings is 1. The summed E-state index contributed by atoms with van der Waals surface area (Å²) in [6.07, 6.45) is 0. The summed E-state index contributed by atoms with van der Waals surface area (Å²) in [7, 11) is 0. The monoisotopic (exact) mass is 464 g/mol. The Morgan fingerprint density at radius 1 is 0.885 bits per heavy atom. The fourth-order valence-electron chi connectivity index (χ4n) is 2.80. The second-order valence-electron chi connectivity index (χ2n) is 6.12. The number of amides is 3. The number of carbonyl (C=O) groups excluding carboxylic acids is 2.